The number of nitrogens with zero attached hydrogens (tertiary/aromatic N) is 1. The number of hydrogen-bond donors (Lipinski definition) is 2. The Kier molecular flexibility index (Phi) is 3.96. The van der Waals surface area contributed by atoms with Gasteiger partial charge in [-0.05, 0) is 31.0 Å². The molecule has 2 rings (SSSR count). The molecule has 7 heteroatoms. The van der Waals surface area contributed by atoms with Crippen LogP contribution in [0.15, 0.2) is 18.2 Å². The van der Waals surface area contributed by atoms with Crippen molar-refractivity contribution < 1.29 is 23.8 Å². The summed E-state index contributed by atoms with van der Waals surface area (Å²) in [4.78, 5) is 22.6. The Labute approximate surface area is 113 Å². The lowest BCUT2D eigenvalue weighted by Crippen LogP contribution is -2.30. The molecule has 20 heavy (non-hydrogen) atoms. The number of halogens is 1. The molecule has 6 nitrogen and oxygen atoms in total. The molecule has 2 N–H and O–H groups in total. The van der Waals surface area contributed by atoms with Crippen LogP contribution in [-0.2, 0) is 14.3 Å². The third-order valence-corrected chi connectivity index (χ3v) is 2.95. The highest BCUT2D eigenvalue weighted by atomic mass is 19.1. The Hall–Kier alpha value is -2.46. The van der Waals surface area contributed by atoms with Crippen molar-refractivity contribution in [3.8, 4) is 6.07 Å². The molecule has 1 fully saturated rings. The van der Waals surface area contributed by atoms with Gasteiger partial charge in [-0.3, -0.25) is 4.79 Å². The number of rotatable bonds is 3. The molecule has 1 amide bonds. The summed E-state index contributed by atoms with van der Waals surface area (Å²) in [6, 6.07) is 5.17. The van der Waals surface area contributed by atoms with Gasteiger partial charge in [0, 0.05) is 0 Å². The molecule has 1 aromatic rings. The van der Waals surface area contributed by atoms with Gasteiger partial charge >= 0.3 is 5.97 Å². The number of aliphatic carboxylic acids is 1. The van der Waals surface area contributed by atoms with Gasteiger partial charge in [0.05, 0.1) is 11.3 Å². The molecule has 0 radical (unpaired) electrons. The number of nitriles is 1. The smallest absolute Gasteiger partial charge is 0.332 e. The summed E-state index contributed by atoms with van der Waals surface area (Å²) in [5, 5.41) is 20.1. The zero-order valence-electron chi connectivity index (χ0n) is 10.3. The van der Waals surface area contributed by atoms with Gasteiger partial charge in [0.25, 0.3) is 5.91 Å². The van der Waals surface area contributed by atoms with Crippen LogP contribution in [0.3, 0.4) is 0 Å². The molecule has 1 aliphatic heterocycles. The van der Waals surface area contributed by atoms with Crippen LogP contribution >= 0.6 is 0 Å². The van der Waals surface area contributed by atoms with E-state index in [2.05, 4.69) is 5.32 Å². The average molecular weight is 278 g/mol. The van der Waals surface area contributed by atoms with Gasteiger partial charge in [-0.2, -0.15) is 5.26 Å². The minimum atomic E-state index is -1.11. The van der Waals surface area contributed by atoms with Crippen molar-refractivity contribution in [1.29, 1.82) is 5.26 Å². The zero-order chi connectivity index (χ0) is 14.7. The Bertz CT molecular complexity index is 597. The van der Waals surface area contributed by atoms with Crippen LogP contribution in [0.1, 0.15) is 18.4 Å². The van der Waals surface area contributed by atoms with E-state index in [-0.39, 0.29) is 24.1 Å². The van der Waals surface area contributed by atoms with Gasteiger partial charge in [-0.1, -0.05) is 0 Å². The predicted octanol–water partition coefficient (Wildman–Crippen LogP) is 1.27. The van der Waals surface area contributed by atoms with Crippen LogP contribution in [0.2, 0.25) is 0 Å². The fraction of sp³-hybridized carbons (Fsp3) is 0.308. The topological polar surface area (TPSA) is 99.4 Å². The minimum Gasteiger partial charge on any atom is -0.479 e. The zero-order valence-corrected chi connectivity index (χ0v) is 10.3. The van der Waals surface area contributed by atoms with E-state index in [0.717, 1.165) is 12.1 Å². The standard InChI is InChI=1S/C13H11FN2O4/c14-8-1-2-9(7(5-8)6-15)16-12(17)10-3-4-11(20-10)13(18)19/h1-2,5,10-11H,3-4H2,(H,16,17)(H,18,19). The number of carbonyl (C=O) groups is 2. The van der Waals surface area contributed by atoms with Gasteiger partial charge in [0.15, 0.2) is 6.10 Å². The summed E-state index contributed by atoms with van der Waals surface area (Å²) < 4.78 is 18.0. The van der Waals surface area contributed by atoms with E-state index < -0.39 is 29.9 Å². The summed E-state index contributed by atoms with van der Waals surface area (Å²) >= 11 is 0. The number of carbonyl (C=O) groups excluding carboxylic acids is 1. The second-order valence-electron chi connectivity index (χ2n) is 4.32. The van der Waals surface area contributed by atoms with Gasteiger partial charge < -0.3 is 15.2 Å². The van der Waals surface area contributed by atoms with E-state index in [1.54, 1.807) is 6.07 Å². The summed E-state index contributed by atoms with van der Waals surface area (Å²) in [6.07, 6.45) is -1.34. The molecule has 0 aliphatic carbocycles. The number of amides is 1. The highest BCUT2D eigenvalue weighted by Crippen LogP contribution is 2.22. The third kappa shape index (κ3) is 2.92. The second-order valence-corrected chi connectivity index (χ2v) is 4.32. The highest BCUT2D eigenvalue weighted by Gasteiger charge is 2.34. The van der Waals surface area contributed by atoms with Gasteiger partial charge in [0.1, 0.15) is 18.0 Å². The van der Waals surface area contributed by atoms with Gasteiger partial charge in [0.2, 0.25) is 0 Å². The lowest BCUT2D eigenvalue weighted by Gasteiger charge is -2.12. The molecule has 1 saturated heterocycles. The first kappa shape index (κ1) is 14.0. The van der Waals surface area contributed by atoms with Crippen LogP contribution in [0.4, 0.5) is 10.1 Å². The molecule has 1 aromatic carbocycles. The van der Waals surface area contributed by atoms with Crippen molar-refractivity contribution in [2.75, 3.05) is 5.32 Å². The molecule has 1 aliphatic rings. The van der Waals surface area contributed by atoms with E-state index >= 15 is 0 Å². The number of carboxylic acids is 1. The number of nitrogens with one attached hydrogen (secondary N) is 1. The van der Waals surface area contributed by atoms with E-state index in [0.29, 0.717) is 0 Å². The Balaban J connectivity index is 2.06. The number of carboxylic acid groups (broad SMARTS) is 1. The maximum absolute atomic E-state index is 13.0. The quantitative estimate of drug-likeness (QED) is 0.867. The third-order valence-electron chi connectivity index (χ3n) is 2.95. The van der Waals surface area contributed by atoms with Crippen LogP contribution in [0, 0.1) is 17.1 Å². The molecule has 0 saturated carbocycles. The molecular formula is C13H11FN2O4. The average Bonchev–Trinajstić information content (AvgIpc) is 2.90. The number of hydrogen-bond acceptors (Lipinski definition) is 4. The highest BCUT2D eigenvalue weighted by molar-refractivity contribution is 5.95. The number of ether oxygens (including phenoxy) is 1. The summed E-state index contributed by atoms with van der Waals surface area (Å²) in [7, 11) is 0. The van der Waals surface area contributed by atoms with Crippen LogP contribution in [-0.4, -0.2) is 29.2 Å². The first-order valence-electron chi connectivity index (χ1n) is 5.90. The SMILES string of the molecule is N#Cc1cc(F)ccc1NC(=O)C1CCC(C(=O)O)O1. The first-order valence-corrected chi connectivity index (χ1v) is 5.90. The van der Waals surface area contributed by atoms with E-state index in [1.165, 1.54) is 6.07 Å². The van der Waals surface area contributed by atoms with Crippen molar-refractivity contribution in [3.63, 3.8) is 0 Å². The lowest BCUT2D eigenvalue weighted by molar-refractivity contribution is -0.150. The lowest BCUT2D eigenvalue weighted by atomic mass is 10.1. The molecule has 104 valence electrons. The largest absolute Gasteiger partial charge is 0.479 e. The molecule has 0 spiro atoms. The summed E-state index contributed by atoms with van der Waals surface area (Å²) in [5.74, 6) is -2.24. The monoisotopic (exact) mass is 278 g/mol. The molecular weight excluding hydrogens is 267 g/mol. The Morgan fingerprint density at radius 1 is 1.40 bits per heavy atom. The fourth-order valence-corrected chi connectivity index (χ4v) is 1.94. The molecule has 0 aromatic heterocycles. The maximum atomic E-state index is 13.0. The summed E-state index contributed by atoms with van der Waals surface area (Å²) in [5.41, 5.74) is 0.160. The van der Waals surface area contributed by atoms with Gasteiger partial charge in [-0.25, -0.2) is 9.18 Å². The molecule has 2 atom stereocenters. The molecule has 2 unspecified atom stereocenters. The maximum Gasteiger partial charge on any atom is 0.332 e. The van der Waals surface area contributed by atoms with E-state index in [9.17, 15) is 14.0 Å². The van der Waals surface area contributed by atoms with Crippen molar-refractivity contribution in [1.82, 2.24) is 0 Å². The van der Waals surface area contributed by atoms with Gasteiger partial charge in [-0.15, -0.1) is 0 Å². The van der Waals surface area contributed by atoms with Crippen molar-refractivity contribution in [2.24, 2.45) is 0 Å². The predicted molar refractivity (Wildman–Crippen MR) is 65.3 cm³/mol. The van der Waals surface area contributed by atoms with Crippen LogP contribution < -0.4 is 5.32 Å². The minimum absolute atomic E-state index is 0.00821. The van der Waals surface area contributed by atoms with Crippen LogP contribution in [0.5, 0.6) is 0 Å². The molecule has 0 bridgehead atoms. The van der Waals surface area contributed by atoms with Crippen molar-refractivity contribution in [3.05, 3.63) is 29.6 Å². The number of anilines is 1. The Morgan fingerprint density at radius 2 is 2.10 bits per heavy atom. The van der Waals surface area contributed by atoms with E-state index in [1.807, 2.05) is 0 Å². The van der Waals surface area contributed by atoms with Crippen LogP contribution in [0.25, 0.3) is 0 Å². The first-order chi connectivity index (χ1) is 9.51. The normalized spacial score (nSPS) is 21.2. The van der Waals surface area contributed by atoms with Crippen molar-refractivity contribution in [2.45, 2.75) is 25.0 Å². The van der Waals surface area contributed by atoms with E-state index in [4.69, 9.17) is 15.1 Å². The second kappa shape index (κ2) is 5.67. The number of benzene rings is 1. The summed E-state index contributed by atoms with van der Waals surface area (Å²) in [6.45, 7) is 0. The fourth-order valence-electron chi connectivity index (χ4n) is 1.94. The molecule has 1 heterocycles. The Morgan fingerprint density at radius 3 is 2.70 bits per heavy atom. The van der Waals surface area contributed by atoms with Crippen molar-refractivity contribution >= 4 is 17.6 Å².